The van der Waals surface area contributed by atoms with Crippen LogP contribution in [0.3, 0.4) is 0 Å². The first-order valence-corrected chi connectivity index (χ1v) is 9.55. The van der Waals surface area contributed by atoms with Gasteiger partial charge in [0.1, 0.15) is 0 Å². The zero-order valence-electron chi connectivity index (χ0n) is 12.4. The van der Waals surface area contributed by atoms with Gasteiger partial charge in [0.2, 0.25) is 11.0 Å². The first-order chi connectivity index (χ1) is 11.2. The molecule has 1 heterocycles. The monoisotopic (exact) mass is 369 g/mol. The molecule has 1 aromatic heterocycles. The van der Waals surface area contributed by atoms with Gasteiger partial charge in [-0.15, -0.1) is 22.0 Å². The molecule has 2 rings (SSSR count). The summed E-state index contributed by atoms with van der Waals surface area (Å²) in [7, 11) is 0. The lowest BCUT2D eigenvalue weighted by atomic mass is 10.4. The molecule has 1 N–H and O–H groups in total. The maximum Gasteiger partial charge on any atom is 0.316 e. The van der Waals surface area contributed by atoms with Crippen molar-refractivity contribution < 1.29 is 14.3 Å². The lowest BCUT2D eigenvalue weighted by molar-refractivity contribution is -0.139. The molecule has 9 heteroatoms. The molecule has 122 valence electrons. The second kappa shape index (κ2) is 9.53. The van der Waals surface area contributed by atoms with Crippen LogP contribution in [0.4, 0.5) is 5.13 Å². The number of rotatable bonds is 8. The Morgan fingerprint density at radius 3 is 2.70 bits per heavy atom. The van der Waals surface area contributed by atoms with Gasteiger partial charge in [0, 0.05) is 4.90 Å². The molecular formula is C14H15N3O3S3. The number of ether oxygens (including phenoxy) is 1. The Bertz CT molecular complexity index is 649. The summed E-state index contributed by atoms with van der Waals surface area (Å²) in [4.78, 5) is 24.2. The van der Waals surface area contributed by atoms with E-state index in [9.17, 15) is 9.59 Å². The molecule has 23 heavy (non-hydrogen) atoms. The average molecular weight is 369 g/mol. The molecule has 1 aromatic carbocycles. The van der Waals surface area contributed by atoms with Gasteiger partial charge in [-0.05, 0) is 19.1 Å². The van der Waals surface area contributed by atoms with Crippen molar-refractivity contribution in [2.45, 2.75) is 16.2 Å². The van der Waals surface area contributed by atoms with Crippen LogP contribution < -0.4 is 5.32 Å². The third kappa shape index (κ3) is 6.59. The van der Waals surface area contributed by atoms with Crippen LogP contribution in [0, 0.1) is 0 Å². The largest absolute Gasteiger partial charge is 0.465 e. The van der Waals surface area contributed by atoms with Gasteiger partial charge >= 0.3 is 5.97 Å². The Labute approximate surface area is 146 Å². The summed E-state index contributed by atoms with van der Waals surface area (Å²) in [6, 6.07) is 9.69. The quantitative estimate of drug-likeness (QED) is 0.435. The van der Waals surface area contributed by atoms with Crippen LogP contribution in [0.1, 0.15) is 6.92 Å². The van der Waals surface area contributed by atoms with Crippen molar-refractivity contribution in [1.29, 1.82) is 0 Å². The normalized spacial score (nSPS) is 10.3. The minimum absolute atomic E-state index is 0.142. The van der Waals surface area contributed by atoms with Crippen LogP contribution >= 0.6 is 34.9 Å². The van der Waals surface area contributed by atoms with E-state index in [2.05, 4.69) is 15.5 Å². The van der Waals surface area contributed by atoms with Gasteiger partial charge in [0.05, 0.1) is 18.1 Å². The fraction of sp³-hybridized carbons (Fsp3) is 0.286. The molecule has 0 unspecified atom stereocenters. The van der Waals surface area contributed by atoms with E-state index in [1.165, 1.54) is 34.9 Å². The van der Waals surface area contributed by atoms with Crippen molar-refractivity contribution in [2.24, 2.45) is 0 Å². The lowest BCUT2D eigenvalue weighted by Gasteiger charge is -2.01. The van der Waals surface area contributed by atoms with Crippen LogP contribution in [0.25, 0.3) is 0 Å². The molecule has 0 aliphatic carbocycles. The van der Waals surface area contributed by atoms with Crippen molar-refractivity contribution in [3.8, 4) is 0 Å². The summed E-state index contributed by atoms with van der Waals surface area (Å²) in [6.07, 6.45) is 0. The number of amides is 1. The van der Waals surface area contributed by atoms with Crippen molar-refractivity contribution in [3.63, 3.8) is 0 Å². The molecule has 0 spiro atoms. The number of hydrogen-bond acceptors (Lipinski definition) is 8. The van der Waals surface area contributed by atoms with E-state index in [0.29, 0.717) is 21.8 Å². The van der Waals surface area contributed by atoms with E-state index < -0.39 is 0 Å². The van der Waals surface area contributed by atoms with Crippen LogP contribution in [0.15, 0.2) is 39.6 Å². The number of aromatic nitrogens is 2. The Hall–Kier alpha value is -1.58. The number of nitrogens with zero attached hydrogens (tertiary/aromatic N) is 2. The van der Waals surface area contributed by atoms with Gasteiger partial charge in [0.15, 0.2) is 4.34 Å². The summed E-state index contributed by atoms with van der Waals surface area (Å²) in [6.45, 7) is 2.12. The number of benzene rings is 1. The van der Waals surface area contributed by atoms with Crippen LogP contribution in [-0.4, -0.2) is 40.2 Å². The third-order valence-corrected chi connectivity index (χ3v) is 5.34. The molecule has 1 amide bonds. The highest BCUT2D eigenvalue weighted by molar-refractivity contribution is 8.01. The number of nitrogens with one attached hydrogen (secondary N) is 1. The summed E-state index contributed by atoms with van der Waals surface area (Å²) in [5.74, 6) is 0.0457. The molecule has 0 aliphatic rings. The number of anilines is 1. The molecule has 0 saturated carbocycles. The molecule has 0 radical (unpaired) electrons. The summed E-state index contributed by atoms with van der Waals surface area (Å²) < 4.78 is 5.45. The van der Waals surface area contributed by atoms with Crippen LogP contribution in [-0.2, 0) is 14.3 Å². The number of carbonyl (C=O) groups is 2. The first-order valence-electron chi connectivity index (χ1n) is 6.77. The number of carbonyl (C=O) groups excluding carboxylic acids is 2. The Morgan fingerprint density at radius 1 is 1.17 bits per heavy atom. The maximum absolute atomic E-state index is 11.9. The van der Waals surface area contributed by atoms with E-state index >= 15 is 0 Å². The van der Waals surface area contributed by atoms with E-state index in [4.69, 9.17) is 4.74 Å². The van der Waals surface area contributed by atoms with Crippen LogP contribution in [0.2, 0.25) is 0 Å². The first kappa shape index (κ1) is 17.8. The molecule has 0 saturated heterocycles. The molecular weight excluding hydrogens is 354 g/mol. The summed E-state index contributed by atoms with van der Waals surface area (Å²) >= 11 is 3.93. The van der Waals surface area contributed by atoms with Crippen molar-refractivity contribution in [3.05, 3.63) is 30.3 Å². The Balaban J connectivity index is 1.75. The number of thioether (sulfide) groups is 2. The Kier molecular flexibility index (Phi) is 7.37. The SMILES string of the molecule is CCOC(=O)CSc1nnc(NC(=O)CSc2ccccc2)s1. The predicted molar refractivity (Wildman–Crippen MR) is 93.1 cm³/mol. The third-order valence-electron chi connectivity index (χ3n) is 2.38. The standard InChI is InChI=1S/C14H15N3O3S3/c1-2-20-12(19)9-22-14-17-16-13(23-14)15-11(18)8-21-10-6-4-3-5-7-10/h3-7H,2,8-9H2,1H3,(H,15,16,18). The lowest BCUT2D eigenvalue weighted by Crippen LogP contribution is -2.13. The van der Waals surface area contributed by atoms with E-state index in [0.717, 1.165) is 4.90 Å². The molecule has 0 fully saturated rings. The molecule has 0 atom stereocenters. The van der Waals surface area contributed by atoms with Crippen molar-refractivity contribution in [1.82, 2.24) is 10.2 Å². The molecule has 2 aromatic rings. The number of esters is 1. The smallest absolute Gasteiger partial charge is 0.316 e. The Morgan fingerprint density at radius 2 is 1.96 bits per heavy atom. The second-order valence-electron chi connectivity index (χ2n) is 4.12. The number of hydrogen-bond donors (Lipinski definition) is 1. The average Bonchev–Trinajstić information content (AvgIpc) is 3.00. The van der Waals surface area contributed by atoms with Gasteiger partial charge in [-0.25, -0.2) is 0 Å². The topological polar surface area (TPSA) is 81.2 Å². The van der Waals surface area contributed by atoms with Gasteiger partial charge in [-0.2, -0.15) is 0 Å². The highest BCUT2D eigenvalue weighted by Gasteiger charge is 2.11. The van der Waals surface area contributed by atoms with Crippen molar-refractivity contribution in [2.75, 3.05) is 23.4 Å². The minimum atomic E-state index is -0.294. The van der Waals surface area contributed by atoms with Gasteiger partial charge in [-0.1, -0.05) is 41.3 Å². The van der Waals surface area contributed by atoms with E-state index in [-0.39, 0.29) is 17.6 Å². The minimum Gasteiger partial charge on any atom is -0.465 e. The second-order valence-corrected chi connectivity index (χ2v) is 7.37. The van der Waals surface area contributed by atoms with Gasteiger partial charge in [-0.3, -0.25) is 14.9 Å². The highest BCUT2D eigenvalue weighted by Crippen LogP contribution is 2.26. The highest BCUT2D eigenvalue weighted by atomic mass is 32.2. The maximum atomic E-state index is 11.9. The van der Waals surface area contributed by atoms with Crippen molar-refractivity contribution >= 4 is 51.9 Å². The summed E-state index contributed by atoms with van der Waals surface area (Å²) in [5, 5.41) is 10.9. The van der Waals surface area contributed by atoms with E-state index in [1.807, 2.05) is 30.3 Å². The van der Waals surface area contributed by atoms with Gasteiger partial charge in [0.25, 0.3) is 0 Å². The predicted octanol–water partition coefficient (Wildman–Crippen LogP) is 2.92. The van der Waals surface area contributed by atoms with Crippen LogP contribution in [0.5, 0.6) is 0 Å². The zero-order chi connectivity index (χ0) is 16.5. The van der Waals surface area contributed by atoms with E-state index in [1.54, 1.807) is 6.92 Å². The van der Waals surface area contributed by atoms with Gasteiger partial charge < -0.3 is 4.74 Å². The fourth-order valence-corrected chi connectivity index (χ4v) is 3.75. The molecule has 0 bridgehead atoms. The fourth-order valence-electron chi connectivity index (χ4n) is 1.46. The molecule has 6 nitrogen and oxygen atoms in total. The zero-order valence-corrected chi connectivity index (χ0v) is 14.8. The molecule has 0 aliphatic heterocycles. The summed E-state index contributed by atoms with van der Waals surface area (Å²) in [5.41, 5.74) is 0.